The summed E-state index contributed by atoms with van der Waals surface area (Å²) >= 11 is 0. The Labute approximate surface area is 119 Å². The Morgan fingerprint density at radius 1 is 1.30 bits per heavy atom. The van der Waals surface area contributed by atoms with Gasteiger partial charge in [0, 0.05) is 11.2 Å². The number of hydrogen-bond donors (Lipinski definition) is 2. The average molecular weight is 296 g/mol. The maximum absolute atomic E-state index is 11.8. The minimum atomic E-state index is -2.96. The number of anilines is 1. The number of aryl methyl sites for hydroxylation is 1. The third kappa shape index (κ3) is 4.05. The topological polar surface area (TPSA) is 75.3 Å². The zero-order valence-electron chi connectivity index (χ0n) is 11.8. The van der Waals surface area contributed by atoms with E-state index >= 15 is 0 Å². The maximum atomic E-state index is 11.8. The van der Waals surface area contributed by atoms with Gasteiger partial charge in [0.05, 0.1) is 18.1 Å². The van der Waals surface area contributed by atoms with Crippen molar-refractivity contribution in [3.63, 3.8) is 0 Å². The van der Waals surface area contributed by atoms with E-state index in [0.29, 0.717) is 6.42 Å². The minimum absolute atomic E-state index is 0.0951. The molecule has 110 valence electrons. The van der Waals surface area contributed by atoms with Crippen molar-refractivity contribution in [1.82, 2.24) is 5.32 Å². The molecule has 2 N–H and O–H groups in total. The van der Waals surface area contributed by atoms with E-state index in [-0.39, 0.29) is 24.0 Å². The van der Waals surface area contributed by atoms with Crippen LogP contribution < -0.4 is 10.6 Å². The molecule has 2 rings (SSSR count). The molecule has 1 unspecified atom stereocenters. The smallest absolute Gasteiger partial charge is 0.238 e. The van der Waals surface area contributed by atoms with Gasteiger partial charge in [-0.3, -0.25) is 4.79 Å². The molecule has 0 radical (unpaired) electrons. The van der Waals surface area contributed by atoms with Crippen molar-refractivity contribution in [2.45, 2.75) is 25.8 Å². The van der Waals surface area contributed by atoms with E-state index in [4.69, 9.17) is 0 Å². The molecule has 0 spiro atoms. The van der Waals surface area contributed by atoms with Crippen LogP contribution in [0, 0.1) is 6.92 Å². The second kappa shape index (κ2) is 5.54. The lowest BCUT2D eigenvalue weighted by molar-refractivity contribution is -0.115. The number of benzene rings is 1. The fourth-order valence-corrected chi connectivity index (χ4v) is 4.41. The lowest BCUT2D eigenvalue weighted by Gasteiger charge is -2.23. The van der Waals surface area contributed by atoms with Gasteiger partial charge in [0.25, 0.3) is 0 Å². The molecule has 0 aliphatic carbocycles. The average Bonchev–Trinajstić information content (AvgIpc) is 2.65. The van der Waals surface area contributed by atoms with Crippen molar-refractivity contribution in [2.75, 3.05) is 23.4 Å². The van der Waals surface area contributed by atoms with E-state index in [1.807, 2.05) is 38.1 Å². The third-order valence-electron chi connectivity index (χ3n) is 3.51. The summed E-state index contributed by atoms with van der Waals surface area (Å²) in [6.45, 7) is 3.94. The van der Waals surface area contributed by atoms with Gasteiger partial charge in [-0.15, -0.1) is 0 Å². The molecule has 5 nitrogen and oxygen atoms in total. The highest BCUT2D eigenvalue weighted by Gasteiger charge is 2.38. The molecule has 0 saturated carbocycles. The zero-order valence-corrected chi connectivity index (χ0v) is 12.6. The molecule has 1 aliphatic rings. The van der Waals surface area contributed by atoms with Crippen LogP contribution in [-0.2, 0) is 14.6 Å². The second-order valence-electron chi connectivity index (χ2n) is 5.67. The van der Waals surface area contributed by atoms with E-state index in [1.54, 1.807) is 0 Å². The number of carbonyl (C=O) groups is 1. The molecule has 0 bridgehead atoms. The monoisotopic (exact) mass is 296 g/mol. The predicted octanol–water partition coefficient (Wildman–Crippen LogP) is 1.10. The Hall–Kier alpha value is -1.40. The van der Waals surface area contributed by atoms with Crippen LogP contribution in [0.15, 0.2) is 24.3 Å². The number of carbonyl (C=O) groups excluding carboxylic acids is 1. The van der Waals surface area contributed by atoms with Gasteiger partial charge in [0.1, 0.15) is 0 Å². The Kier molecular flexibility index (Phi) is 4.15. The quantitative estimate of drug-likeness (QED) is 0.872. The fraction of sp³-hybridized carbons (Fsp3) is 0.500. The van der Waals surface area contributed by atoms with Crippen LogP contribution in [0.25, 0.3) is 0 Å². The summed E-state index contributed by atoms with van der Waals surface area (Å²) in [7, 11) is -2.96. The van der Waals surface area contributed by atoms with E-state index in [9.17, 15) is 13.2 Å². The summed E-state index contributed by atoms with van der Waals surface area (Å²) in [4.78, 5) is 11.8. The molecule has 6 heteroatoms. The standard InChI is InChI=1S/C14H20N2O3S/c1-11-3-5-12(6-4-11)16-13(17)9-15-14(2)7-8-20(18,19)10-14/h3-6,15H,7-10H2,1-2H3,(H,16,17). The first-order chi connectivity index (χ1) is 9.28. The van der Waals surface area contributed by atoms with Crippen LogP contribution in [0.3, 0.4) is 0 Å². The molecule has 1 heterocycles. The molecule has 1 atom stereocenters. The SMILES string of the molecule is Cc1ccc(NC(=O)CNC2(C)CCS(=O)(=O)C2)cc1. The lowest BCUT2D eigenvalue weighted by Crippen LogP contribution is -2.46. The van der Waals surface area contributed by atoms with Crippen molar-refractivity contribution in [1.29, 1.82) is 0 Å². The summed E-state index contributed by atoms with van der Waals surface area (Å²) in [5.74, 6) is 0.118. The summed E-state index contributed by atoms with van der Waals surface area (Å²) in [6.07, 6.45) is 0.549. The molecule has 1 aromatic rings. The van der Waals surface area contributed by atoms with Crippen molar-refractivity contribution < 1.29 is 13.2 Å². The fourth-order valence-electron chi connectivity index (χ4n) is 2.29. The lowest BCUT2D eigenvalue weighted by atomic mass is 10.0. The molecular weight excluding hydrogens is 276 g/mol. The highest BCUT2D eigenvalue weighted by atomic mass is 32.2. The highest BCUT2D eigenvalue weighted by Crippen LogP contribution is 2.22. The third-order valence-corrected chi connectivity index (χ3v) is 5.42. The molecular formula is C14H20N2O3S. The van der Waals surface area contributed by atoms with Gasteiger partial charge in [0.2, 0.25) is 5.91 Å². The van der Waals surface area contributed by atoms with Crippen molar-refractivity contribution in [3.05, 3.63) is 29.8 Å². The van der Waals surface area contributed by atoms with Gasteiger partial charge in [-0.05, 0) is 32.4 Å². The largest absolute Gasteiger partial charge is 0.325 e. The van der Waals surface area contributed by atoms with Crippen molar-refractivity contribution in [3.8, 4) is 0 Å². The van der Waals surface area contributed by atoms with Gasteiger partial charge in [-0.25, -0.2) is 8.42 Å². The first-order valence-electron chi connectivity index (χ1n) is 6.60. The molecule has 1 amide bonds. The van der Waals surface area contributed by atoms with Crippen LogP contribution in [0.5, 0.6) is 0 Å². The number of nitrogens with one attached hydrogen (secondary N) is 2. The van der Waals surface area contributed by atoms with Gasteiger partial charge in [0.15, 0.2) is 9.84 Å². The Balaban J connectivity index is 1.85. The Morgan fingerprint density at radius 3 is 2.50 bits per heavy atom. The van der Waals surface area contributed by atoms with Crippen LogP contribution in [0.4, 0.5) is 5.69 Å². The molecule has 1 aromatic carbocycles. The van der Waals surface area contributed by atoms with Crippen molar-refractivity contribution >= 4 is 21.4 Å². The summed E-state index contributed by atoms with van der Waals surface area (Å²) in [6, 6.07) is 7.53. The number of sulfone groups is 1. The predicted molar refractivity (Wildman–Crippen MR) is 79.5 cm³/mol. The van der Waals surface area contributed by atoms with E-state index in [2.05, 4.69) is 10.6 Å². The summed E-state index contributed by atoms with van der Waals surface area (Å²) in [5, 5.41) is 5.83. The number of hydrogen-bond acceptors (Lipinski definition) is 4. The van der Waals surface area contributed by atoms with Crippen LogP contribution in [-0.4, -0.2) is 37.9 Å². The number of amides is 1. The molecule has 20 heavy (non-hydrogen) atoms. The van der Waals surface area contributed by atoms with Crippen LogP contribution >= 0.6 is 0 Å². The van der Waals surface area contributed by atoms with Gasteiger partial charge >= 0.3 is 0 Å². The Morgan fingerprint density at radius 2 is 1.95 bits per heavy atom. The van der Waals surface area contributed by atoms with Crippen LogP contribution in [0.1, 0.15) is 18.9 Å². The van der Waals surface area contributed by atoms with E-state index in [0.717, 1.165) is 11.3 Å². The second-order valence-corrected chi connectivity index (χ2v) is 7.85. The number of rotatable bonds is 4. The van der Waals surface area contributed by atoms with E-state index < -0.39 is 15.4 Å². The Bertz CT molecular complexity index is 595. The highest BCUT2D eigenvalue weighted by molar-refractivity contribution is 7.91. The molecule has 1 saturated heterocycles. The van der Waals surface area contributed by atoms with Gasteiger partial charge in [-0.1, -0.05) is 17.7 Å². The summed E-state index contributed by atoms with van der Waals surface area (Å²) in [5.41, 5.74) is 1.38. The normalized spacial score (nSPS) is 24.5. The molecule has 1 fully saturated rings. The van der Waals surface area contributed by atoms with E-state index in [1.165, 1.54) is 0 Å². The molecule has 1 aliphatic heterocycles. The maximum Gasteiger partial charge on any atom is 0.238 e. The van der Waals surface area contributed by atoms with Crippen LogP contribution in [0.2, 0.25) is 0 Å². The minimum Gasteiger partial charge on any atom is -0.325 e. The first kappa shape index (κ1) is 15.0. The first-order valence-corrected chi connectivity index (χ1v) is 8.42. The van der Waals surface area contributed by atoms with Gasteiger partial charge < -0.3 is 10.6 Å². The van der Waals surface area contributed by atoms with Gasteiger partial charge in [-0.2, -0.15) is 0 Å². The van der Waals surface area contributed by atoms with Crippen molar-refractivity contribution in [2.24, 2.45) is 0 Å². The zero-order chi connectivity index (χ0) is 14.8. The summed E-state index contributed by atoms with van der Waals surface area (Å²) < 4.78 is 22.9. The molecule has 0 aromatic heterocycles.